The number of hydrogen-bond donors (Lipinski definition) is 1. The lowest BCUT2D eigenvalue weighted by atomic mass is 10.3. The normalized spacial score (nSPS) is 27.4. The second-order valence-corrected chi connectivity index (χ2v) is 7.30. The maximum Gasteiger partial charge on any atom is 0.329 e. The van der Waals surface area contributed by atoms with Gasteiger partial charge in [0.1, 0.15) is 13.2 Å². The zero-order valence-corrected chi connectivity index (χ0v) is 12.4. The predicted octanol–water partition coefficient (Wildman–Crippen LogP) is 1.97. The molecule has 0 aromatic carbocycles. The highest BCUT2D eigenvalue weighted by Gasteiger charge is 2.29. The van der Waals surface area contributed by atoms with Crippen molar-refractivity contribution in [2.24, 2.45) is 0 Å². The molecule has 19 heavy (non-hydrogen) atoms. The van der Waals surface area contributed by atoms with Gasteiger partial charge in [-0.05, 0) is 0 Å². The summed E-state index contributed by atoms with van der Waals surface area (Å²) in [5.74, 6) is 0.950. The summed E-state index contributed by atoms with van der Waals surface area (Å²) in [7, 11) is 0. The predicted molar refractivity (Wildman–Crippen MR) is 73.3 cm³/mol. The molecular formula is C11H16N2O4S2. The molecule has 1 N–H and O–H groups in total. The van der Waals surface area contributed by atoms with Crippen LogP contribution in [0, 0.1) is 0 Å². The number of aliphatic carboxylic acids is 1. The zero-order valence-electron chi connectivity index (χ0n) is 10.7. The van der Waals surface area contributed by atoms with Gasteiger partial charge in [0.2, 0.25) is 0 Å². The molecule has 1 aliphatic rings. The van der Waals surface area contributed by atoms with Crippen molar-refractivity contribution in [2.45, 2.75) is 36.2 Å². The van der Waals surface area contributed by atoms with Gasteiger partial charge in [-0.1, -0.05) is 19.0 Å². The number of ether oxygens (including phenoxy) is 1. The number of aromatic nitrogens is 2. The quantitative estimate of drug-likeness (QED) is 0.883. The van der Waals surface area contributed by atoms with Crippen LogP contribution in [0.4, 0.5) is 0 Å². The lowest BCUT2D eigenvalue weighted by molar-refractivity contribution is -0.142. The van der Waals surface area contributed by atoms with E-state index in [9.17, 15) is 4.79 Å². The molecule has 3 unspecified atom stereocenters. The van der Waals surface area contributed by atoms with E-state index in [1.807, 2.05) is 23.5 Å². The summed E-state index contributed by atoms with van der Waals surface area (Å²) in [6.07, 6.45) is 0. The Balaban J connectivity index is 1.88. The highest BCUT2D eigenvalue weighted by molar-refractivity contribution is 8.07. The van der Waals surface area contributed by atoms with Gasteiger partial charge in [-0.3, -0.25) is 0 Å². The van der Waals surface area contributed by atoms with Crippen molar-refractivity contribution in [3.8, 4) is 0 Å². The van der Waals surface area contributed by atoms with Gasteiger partial charge in [0.05, 0.1) is 5.25 Å². The van der Waals surface area contributed by atoms with Gasteiger partial charge in [0.25, 0.3) is 5.89 Å². The number of rotatable bonds is 5. The molecule has 1 aliphatic heterocycles. The number of carboxylic acid groups (broad SMARTS) is 1. The molecule has 0 radical (unpaired) electrons. The van der Waals surface area contributed by atoms with Crippen LogP contribution in [0.15, 0.2) is 4.52 Å². The van der Waals surface area contributed by atoms with Gasteiger partial charge in [0, 0.05) is 16.3 Å². The topological polar surface area (TPSA) is 85.5 Å². The van der Waals surface area contributed by atoms with Crippen LogP contribution in [-0.4, -0.2) is 44.1 Å². The van der Waals surface area contributed by atoms with Crippen LogP contribution >= 0.6 is 23.5 Å². The molecule has 0 aliphatic carbocycles. The Morgan fingerprint density at radius 3 is 3.00 bits per heavy atom. The summed E-state index contributed by atoms with van der Waals surface area (Å²) >= 11 is 3.76. The number of nitrogens with zero attached hydrogens (tertiary/aromatic N) is 2. The minimum atomic E-state index is -1.01. The van der Waals surface area contributed by atoms with Crippen molar-refractivity contribution in [1.29, 1.82) is 0 Å². The number of hydrogen-bond acceptors (Lipinski definition) is 7. The van der Waals surface area contributed by atoms with E-state index in [0.717, 1.165) is 5.75 Å². The fraction of sp³-hybridized carbons (Fsp3) is 0.727. The molecular weight excluding hydrogens is 288 g/mol. The van der Waals surface area contributed by atoms with E-state index in [0.29, 0.717) is 22.2 Å². The maximum absolute atomic E-state index is 10.3. The third-order valence-electron chi connectivity index (χ3n) is 2.77. The molecule has 0 amide bonds. The molecule has 2 rings (SSSR count). The summed E-state index contributed by atoms with van der Waals surface area (Å²) < 4.78 is 9.97. The maximum atomic E-state index is 10.3. The Kier molecular flexibility index (Phi) is 5.12. The van der Waals surface area contributed by atoms with Crippen LogP contribution in [0.3, 0.4) is 0 Å². The van der Waals surface area contributed by atoms with Crippen LogP contribution in [0.2, 0.25) is 0 Å². The molecule has 8 heteroatoms. The summed E-state index contributed by atoms with van der Waals surface area (Å²) in [5.41, 5.74) is 0. The highest BCUT2D eigenvalue weighted by Crippen LogP contribution is 2.43. The van der Waals surface area contributed by atoms with Crippen molar-refractivity contribution < 1.29 is 19.2 Å². The minimum absolute atomic E-state index is 0.0375. The summed E-state index contributed by atoms with van der Waals surface area (Å²) in [4.78, 5) is 14.6. The van der Waals surface area contributed by atoms with Crippen molar-refractivity contribution >= 4 is 29.5 Å². The number of carboxylic acids is 1. The molecule has 1 aromatic heterocycles. The van der Waals surface area contributed by atoms with Crippen LogP contribution in [-0.2, 0) is 16.1 Å². The summed E-state index contributed by atoms with van der Waals surface area (Å²) in [6.45, 7) is 4.10. The molecule has 1 aromatic rings. The van der Waals surface area contributed by atoms with Crippen molar-refractivity contribution in [3.05, 3.63) is 11.7 Å². The first kappa shape index (κ1) is 14.7. The Bertz CT molecular complexity index is 440. The molecule has 1 fully saturated rings. The first-order chi connectivity index (χ1) is 9.06. The first-order valence-corrected chi connectivity index (χ1v) is 7.94. The third-order valence-corrected chi connectivity index (χ3v) is 6.16. The molecule has 3 atom stereocenters. The van der Waals surface area contributed by atoms with E-state index in [-0.39, 0.29) is 18.5 Å². The average molecular weight is 304 g/mol. The number of thioether (sulfide) groups is 2. The number of carbonyl (C=O) groups is 1. The molecule has 6 nitrogen and oxygen atoms in total. The van der Waals surface area contributed by atoms with E-state index < -0.39 is 5.97 Å². The molecule has 0 saturated carbocycles. The molecule has 0 spiro atoms. The minimum Gasteiger partial charge on any atom is -0.480 e. The second-order valence-electron chi connectivity index (χ2n) is 4.30. The third kappa shape index (κ3) is 4.12. The SMILES string of the molecule is CC1SCC(c2noc(COCC(=O)O)n2)SC1C. The Hall–Kier alpha value is -0.730. The average Bonchev–Trinajstić information content (AvgIpc) is 2.81. The van der Waals surface area contributed by atoms with Gasteiger partial charge in [-0.2, -0.15) is 16.7 Å². The van der Waals surface area contributed by atoms with Crippen LogP contribution in [0.1, 0.15) is 30.8 Å². The fourth-order valence-electron chi connectivity index (χ4n) is 1.60. The molecule has 0 bridgehead atoms. The van der Waals surface area contributed by atoms with Gasteiger partial charge in [0.15, 0.2) is 5.82 Å². The van der Waals surface area contributed by atoms with E-state index in [2.05, 4.69) is 24.0 Å². The second kappa shape index (κ2) is 6.62. The first-order valence-electron chi connectivity index (χ1n) is 5.95. The van der Waals surface area contributed by atoms with Crippen LogP contribution in [0.5, 0.6) is 0 Å². The molecule has 2 heterocycles. The lowest BCUT2D eigenvalue weighted by Crippen LogP contribution is -2.22. The van der Waals surface area contributed by atoms with E-state index in [1.54, 1.807) is 0 Å². The molecule has 106 valence electrons. The Morgan fingerprint density at radius 1 is 1.53 bits per heavy atom. The van der Waals surface area contributed by atoms with Crippen LogP contribution in [0.25, 0.3) is 0 Å². The largest absolute Gasteiger partial charge is 0.480 e. The van der Waals surface area contributed by atoms with Gasteiger partial charge in [-0.15, -0.1) is 11.8 Å². The lowest BCUT2D eigenvalue weighted by Gasteiger charge is -2.29. The summed E-state index contributed by atoms with van der Waals surface area (Å²) in [5, 5.41) is 13.8. The Morgan fingerprint density at radius 2 is 2.32 bits per heavy atom. The zero-order chi connectivity index (χ0) is 13.8. The summed E-state index contributed by atoms with van der Waals surface area (Å²) in [6, 6.07) is 0. The van der Waals surface area contributed by atoms with E-state index in [1.165, 1.54) is 0 Å². The monoisotopic (exact) mass is 304 g/mol. The highest BCUT2D eigenvalue weighted by atomic mass is 32.2. The fourth-order valence-corrected chi connectivity index (χ4v) is 4.44. The van der Waals surface area contributed by atoms with Crippen molar-refractivity contribution in [2.75, 3.05) is 12.4 Å². The van der Waals surface area contributed by atoms with Gasteiger partial charge in [-0.25, -0.2) is 4.79 Å². The smallest absolute Gasteiger partial charge is 0.329 e. The van der Waals surface area contributed by atoms with Crippen LogP contribution < -0.4 is 0 Å². The van der Waals surface area contributed by atoms with E-state index in [4.69, 9.17) is 14.4 Å². The molecule has 1 saturated heterocycles. The standard InChI is InChI=1S/C11H16N2O4S2/c1-6-7(2)19-8(5-18-6)11-12-9(17-13-11)3-16-4-10(14)15/h6-8H,3-5H2,1-2H3,(H,14,15). The van der Waals surface area contributed by atoms with Gasteiger partial charge >= 0.3 is 5.97 Å². The van der Waals surface area contributed by atoms with Gasteiger partial charge < -0.3 is 14.4 Å². The van der Waals surface area contributed by atoms with E-state index >= 15 is 0 Å². The van der Waals surface area contributed by atoms with Crippen molar-refractivity contribution in [3.63, 3.8) is 0 Å². The van der Waals surface area contributed by atoms with Crippen molar-refractivity contribution in [1.82, 2.24) is 10.1 Å². The Labute approximate surface area is 119 Å².